The van der Waals surface area contributed by atoms with Gasteiger partial charge in [0.05, 0.1) is 13.7 Å². The van der Waals surface area contributed by atoms with Gasteiger partial charge in [-0.25, -0.2) is 4.79 Å². The number of ether oxygens (including phenoxy) is 3. The van der Waals surface area contributed by atoms with E-state index < -0.39 is 12.1 Å². The highest BCUT2D eigenvalue weighted by atomic mass is 32.2. The van der Waals surface area contributed by atoms with Crippen molar-refractivity contribution in [2.24, 2.45) is 0 Å². The molecule has 0 bridgehead atoms. The second-order valence-electron chi connectivity index (χ2n) is 4.99. The van der Waals surface area contributed by atoms with Gasteiger partial charge in [-0.2, -0.15) is 11.8 Å². The van der Waals surface area contributed by atoms with Crippen LogP contribution in [0.25, 0.3) is 0 Å². The molecule has 0 aromatic heterocycles. The monoisotopic (exact) mass is 326 g/mol. The lowest BCUT2D eigenvalue weighted by molar-refractivity contribution is -0.153. The van der Waals surface area contributed by atoms with Crippen molar-refractivity contribution in [3.05, 3.63) is 23.8 Å². The minimum Gasteiger partial charge on any atom is -0.493 e. The summed E-state index contributed by atoms with van der Waals surface area (Å²) in [7, 11) is 1.54. The first kappa shape index (κ1) is 17.0. The number of aliphatic hydroxyl groups excluding tert-OH is 1. The fourth-order valence-electron chi connectivity index (χ4n) is 2.35. The van der Waals surface area contributed by atoms with Crippen LogP contribution >= 0.6 is 11.8 Å². The maximum absolute atomic E-state index is 11.8. The Morgan fingerprint density at radius 3 is 2.95 bits per heavy atom. The lowest BCUT2D eigenvalue weighted by Crippen LogP contribution is -2.25. The molecule has 22 heavy (non-hydrogen) atoms. The molecule has 2 unspecified atom stereocenters. The Bertz CT molecular complexity index is 499. The van der Waals surface area contributed by atoms with Crippen molar-refractivity contribution in [3.8, 4) is 11.5 Å². The van der Waals surface area contributed by atoms with Gasteiger partial charge >= 0.3 is 5.97 Å². The Kier molecular flexibility index (Phi) is 6.39. The molecule has 2 atom stereocenters. The number of hydrogen-bond donors (Lipinski definition) is 1. The Hall–Kier alpha value is -1.40. The minimum absolute atomic E-state index is 0.0585. The molecule has 1 N–H and O–H groups in total. The number of thioether (sulfide) groups is 1. The second-order valence-corrected chi connectivity index (χ2v) is 6.14. The zero-order valence-electron chi connectivity index (χ0n) is 12.9. The van der Waals surface area contributed by atoms with Gasteiger partial charge in [-0.3, -0.25) is 0 Å². The summed E-state index contributed by atoms with van der Waals surface area (Å²) in [6.45, 7) is 1.92. The van der Waals surface area contributed by atoms with Gasteiger partial charge in [-0.05, 0) is 31.6 Å². The first-order valence-corrected chi connectivity index (χ1v) is 8.58. The molecule has 122 valence electrons. The van der Waals surface area contributed by atoms with Crippen LogP contribution < -0.4 is 9.47 Å². The molecule has 0 spiro atoms. The van der Waals surface area contributed by atoms with E-state index in [0.717, 1.165) is 24.3 Å². The predicted molar refractivity (Wildman–Crippen MR) is 85.6 cm³/mol. The number of para-hydroxylation sites is 1. The third-order valence-electron chi connectivity index (χ3n) is 3.44. The summed E-state index contributed by atoms with van der Waals surface area (Å²) in [6, 6.07) is 5.14. The van der Waals surface area contributed by atoms with E-state index in [-0.39, 0.29) is 12.7 Å². The normalized spacial score (nSPS) is 19.3. The highest BCUT2D eigenvalue weighted by Crippen LogP contribution is 2.37. The summed E-state index contributed by atoms with van der Waals surface area (Å²) in [6.07, 6.45) is 0.741. The zero-order chi connectivity index (χ0) is 15.9. The lowest BCUT2D eigenvalue weighted by atomic mass is 10.1. The second kappa shape index (κ2) is 8.29. The Labute approximate surface area is 134 Å². The smallest absolute Gasteiger partial charge is 0.339 e. The fraction of sp³-hybridized carbons (Fsp3) is 0.562. The van der Waals surface area contributed by atoms with E-state index in [0.29, 0.717) is 17.1 Å². The van der Waals surface area contributed by atoms with Crippen LogP contribution in [-0.4, -0.2) is 42.4 Å². The topological polar surface area (TPSA) is 65.0 Å². The number of methoxy groups -OCH3 is 1. The van der Waals surface area contributed by atoms with Crippen molar-refractivity contribution < 1.29 is 24.1 Å². The van der Waals surface area contributed by atoms with Gasteiger partial charge in [0.25, 0.3) is 0 Å². The summed E-state index contributed by atoms with van der Waals surface area (Å²) in [4.78, 5) is 11.8. The number of esters is 1. The number of carbonyl (C=O) groups excluding carboxylic acids is 1. The summed E-state index contributed by atoms with van der Waals surface area (Å²) in [5.74, 6) is 2.30. The van der Waals surface area contributed by atoms with Crippen molar-refractivity contribution in [1.82, 2.24) is 0 Å². The van der Waals surface area contributed by atoms with E-state index in [2.05, 4.69) is 0 Å². The highest BCUT2D eigenvalue weighted by molar-refractivity contribution is 7.99. The third kappa shape index (κ3) is 4.08. The van der Waals surface area contributed by atoms with E-state index in [1.54, 1.807) is 32.2 Å². The molecule has 0 aliphatic carbocycles. The van der Waals surface area contributed by atoms with Crippen molar-refractivity contribution in [3.63, 3.8) is 0 Å². The van der Waals surface area contributed by atoms with Crippen LogP contribution in [0.3, 0.4) is 0 Å². The molecule has 1 aliphatic rings. The van der Waals surface area contributed by atoms with Gasteiger partial charge in [0.2, 0.25) is 0 Å². The molecule has 1 aliphatic heterocycles. The molecular weight excluding hydrogens is 304 g/mol. The predicted octanol–water partition coefficient (Wildman–Crippen LogP) is 2.57. The molecule has 1 heterocycles. The Balaban J connectivity index is 2.26. The number of benzene rings is 1. The van der Waals surface area contributed by atoms with Crippen LogP contribution in [0.5, 0.6) is 11.5 Å². The number of aliphatic hydroxyl groups is 1. The molecule has 0 amide bonds. The van der Waals surface area contributed by atoms with Gasteiger partial charge < -0.3 is 19.3 Å². The summed E-state index contributed by atoms with van der Waals surface area (Å²) in [5.41, 5.74) is 0.383. The summed E-state index contributed by atoms with van der Waals surface area (Å²) in [5, 5.41) is 10.2. The Morgan fingerprint density at radius 2 is 2.32 bits per heavy atom. The van der Waals surface area contributed by atoms with E-state index >= 15 is 0 Å². The van der Waals surface area contributed by atoms with E-state index in [1.807, 2.05) is 11.8 Å². The van der Waals surface area contributed by atoms with Gasteiger partial charge in [0.15, 0.2) is 17.6 Å². The first-order valence-electron chi connectivity index (χ1n) is 7.43. The minimum atomic E-state index is -1.37. The fourth-order valence-corrected chi connectivity index (χ4v) is 3.39. The maximum atomic E-state index is 11.8. The first-order chi connectivity index (χ1) is 10.7. The molecule has 1 aromatic rings. The molecule has 1 saturated heterocycles. The largest absolute Gasteiger partial charge is 0.493 e. The van der Waals surface area contributed by atoms with Crippen molar-refractivity contribution in [2.45, 2.75) is 32.0 Å². The van der Waals surface area contributed by atoms with E-state index in [9.17, 15) is 9.90 Å². The third-order valence-corrected chi connectivity index (χ3v) is 4.62. The van der Waals surface area contributed by atoms with Gasteiger partial charge in [-0.15, -0.1) is 0 Å². The van der Waals surface area contributed by atoms with Crippen LogP contribution in [0, 0.1) is 0 Å². The number of rotatable bonds is 6. The SMILES string of the molecule is CCOC(=O)C(O)c1cccc(OC)c1OC1CCCSC1. The van der Waals surface area contributed by atoms with Crippen LogP contribution in [0.15, 0.2) is 18.2 Å². The van der Waals surface area contributed by atoms with Crippen molar-refractivity contribution in [1.29, 1.82) is 0 Å². The molecule has 0 radical (unpaired) electrons. The van der Waals surface area contributed by atoms with Crippen LogP contribution in [0.2, 0.25) is 0 Å². The summed E-state index contributed by atoms with van der Waals surface area (Å²) < 4.78 is 16.3. The van der Waals surface area contributed by atoms with Crippen LogP contribution in [0.1, 0.15) is 31.4 Å². The van der Waals surface area contributed by atoms with Crippen molar-refractivity contribution in [2.75, 3.05) is 25.2 Å². The van der Waals surface area contributed by atoms with E-state index in [1.165, 1.54) is 0 Å². The average molecular weight is 326 g/mol. The van der Waals surface area contributed by atoms with E-state index in [4.69, 9.17) is 14.2 Å². The molecule has 6 heteroatoms. The lowest BCUT2D eigenvalue weighted by Gasteiger charge is -2.26. The standard InChI is InChI=1S/C16H22O5S/c1-3-20-16(18)14(17)12-7-4-8-13(19-2)15(12)21-11-6-5-9-22-10-11/h4,7-8,11,14,17H,3,5-6,9-10H2,1-2H3. The molecule has 5 nitrogen and oxygen atoms in total. The zero-order valence-corrected chi connectivity index (χ0v) is 13.7. The quantitative estimate of drug-likeness (QED) is 0.811. The average Bonchev–Trinajstić information content (AvgIpc) is 2.55. The van der Waals surface area contributed by atoms with Gasteiger partial charge in [0.1, 0.15) is 6.10 Å². The van der Waals surface area contributed by atoms with Crippen LogP contribution in [0.4, 0.5) is 0 Å². The number of hydrogen-bond acceptors (Lipinski definition) is 6. The number of carbonyl (C=O) groups is 1. The molecule has 2 rings (SSSR count). The molecule has 1 aromatic carbocycles. The van der Waals surface area contributed by atoms with Gasteiger partial charge in [-0.1, -0.05) is 12.1 Å². The Morgan fingerprint density at radius 1 is 1.50 bits per heavy atom. The highest BCUT2D eigenvalue weighted by Gasteiger charge is 2.27. The molecule has 1 fully saturated rings. The molecular formula is C16H22O5S. The maximum Gasteiger partial charge on any atom is 0.339 e. The van der Waals surface area contributed by atoms with Gasteiger partial charge in [0, 0.05) is 11.3 Å². The summed E-state index contributed by atoms with van der Waals surface area (Å²) >= 11 is 1.84. The molecule has 0 saturated carbocycles. The van der Waals surface area contributed by atoms with Crippen LogP contribution in [-0.2, 0) is 9.53 Å². The van der Waals surface area contributed by atoms with Crippen molar-refractivity contribution >= 4 is 17.7 Å².